The van der Waals surface area contributed by atoms with Crippen molar-refractivity contribution in [2.75, 3.05) is 11.9 Å². The second kappa shape index (κ2) is 5.07. The van der Waals surface area contributed by atoms with Crippen molar-refractivity contribution >= 4 is 17.0 Å². The van der Waals surface area contributed by atoms with Gasteiger partial charge >= 0.3 is 0 Å². The fourth-order valence-electron chi connectivity index (χ4n) is 1.41. The summed E-state index contributed by atoms with van der Waals surface area (Å²) < 4.78 is 0. The molecule has 0 radical (unpaired) electrons. The van der Waals surface area contributed by atoms with E-state index in [9.17, 15) is 0 Å². The molecule has 0 aliphatic carbocycles. The Hall–Kier alpha value is -1.42. The van der Waals surface area contributed by atoms with Gasteiger partial charge < -0.3 is 5.32 Å². The Kier molecular flexibility index (Phi) is 3.51. The molecule has 84 valence electrons. The van der Waals surface area contributed by atoms with Crippen molar-refractivity contribution in [2.45, 2.75) is 20.3 Å². The summed E-state index contributed by atoms with van der Waals surface area (Å²) in [6.07, 6.45) is 1.14. The van der Waals surface area contributed by atoms with Gasteiger partial charge in [-0.2, -0.15) is 0 Å². The van der Waals surface area contributed by atoms with Crippen LogP contribution in [0.2, 0.25) is 0 Å². The van der Waals surface area contributed by atoms with E-state index in [4.69, 9.17) is 0 Å². The average Bonchev–Trinajstić information content (AvgIpc) is 2.74. The van der Waals surface area contributed by atoms with Gasteiger partial charge in [-0.05, 0) is 37.6 Å². The number of rotatable bonds is 4. The lowest BCUT2D eigenvalue weighted by molar-refractivity contribution is 0.980. The molecule has 0 saturated carbocycles. The van der Waals surface area contributed by atoms with E-state index in [0.717, 1.165) is 34.2 Å². The van der Waals surface area contributed by atoms with Crippen molar-refractivity contribution < 1.29 is 0 Å². The van der Waals surface area contributed by atoms with E-state index in [0.29, 0.717) is 0 Å². The lowest BCUT2D eigenvalue weighted by Crippen LogP contribution is -1.98. The molecule has 1 aromatic carbocycles. The molecule has 4 heteroatoms. The molecule has 3 nitrogen and oxygen atoms in total. The first-order valence-corrected chi connectivity index (χ1v) is 6.25. The maximum atomic E-state index is 4.13. The van der Waals surface area contributed by atoms with Crippen LogP contribution in [0.5, 0.6) is 0 Å². The number of nitrogens with zero attached hydrogens (tertiary/aromatic N) is 2. The van der Waals surface area contributed by atoms with Gasteiger partial charge in [0, 0.05) is 17.8 Å². The Labute approximate surface area is 99.5 Å². The fraction of sp³-hybridized carbons (Fsp3) is 0.333. The van der Waals surface area contributed by atoms with Crippen LogP contribution in [0, 0.1) is 6.92 Å². The quantitative estimate of drug-likeness (QED) is 0.880. The van der Waals surface area contributed by atoms with Gasteiger partial charge in [-0.1, -0.05) is 18.3 Å². The third-order valence-electron chi connectivity index (χ3n) is 2.24. The summed E-state index contributed by atoms with van der Waals surface area (Å²) in [7, 11) is 0. The third-order valence-corrected chi connectivity index (χ3v) is 3.12. The molecule has 0 amide bonds. The largest absolute Gasteiger partial charge is 0.385 e. The number of hydrogen-bond donors (Lipinski definition) is 1. The van der Waals surface area contributed by atoms with E-state index in [1.807, 2.05) is 6.92 Å². The smallest absolute Gasteiger partial charge is 0.147 e. The summed E-state index contributed by atoms with van der Waals surface area (Å²) in [4.78, 5) is 0. The van der Waals surface area contributed by atoms with Crippen LogP contribution in [0.15, 0.2) is 24.3 Å². The van der Waals surface area contributed by atoms with Crippen molar-refractivity contribution in [3.63, 3.8) is 0 Å². The third kappa shape index (κ3) is 2.58. The Morgan fingerprint density at radius 3 is 2.50 bits per heavy atom. The second-order valence-corrected chi connectivity index (χ2v) is 4.81. The molecule has 0 aliphatic rings. The minimum atomic E-state index is 0.986. The molecule has 2 aromatic rings. The highest BCUT2D eigenvalue weighted by Gasteiger charge is 2.03. The number of benzene rings is 1. The Balaban J connectivity index is 2.13. The standard InChI is InChI=1S/C12H15N3S/c1-3-8-13-11-6-4-10(5-7-11)12-15-14-9(2)16-12/h4-7,13H,3,8H2,1-2H3. The number of aryl methyl sites for hydroxylation is 1. The first kappa shape index (κ1) is 11.1. The summed E-state index contributed by atoms with van der Waals surface area (Å²) >= 11 is 1.62. The lowest BCUT2D eigenvalue weighted by Gasteiger charge is -2.04. The van der Waals surface area contributed by atoms with Crippen molar-refractivity contribution in [2.24, 2.45) is 0 Å². The molecule has 0 saturated heterocycles. The zero-order chi connectivity index (χ0) is 11.4. The van der Waals surface area contributed by atoms with Gasteiger partial charge in [0.25, 0.3) is 0 Å². The zero-order valence-corrected chi connectivity index (χ0v) is 10.3. The van der Waals surface area contributed by atoms with Crippen molar-refractivity contribution in [1.29, 1.82) is 0 Å². The normalized spacial score (nSPS) is 10.4. The summed E-state index contributed by atoms with van der Waals surface area (Å²) in [5.41, 5.74) is 2.29. The van der Waals surface area contributed by atoms with E-state index in [2.05, 4.69) is 46.7 Å². The van der Waals surface area contributed by atoms with Crippen LogP contribution >= 0.6 is 11.3 Å². The molecule has 0 fully saturated rings. The van der Waals surface area contributed by atoms with Crippen LogP contribution in [-0.2, 0) is 0 Å². The van der Waals surface area contributed by atoms with Gasteiger partial charge in [0.2, 0.25) is 0 Å². The Morgan fingerprint density at radius 1 is 1.19 bits per heavy atom. The molecule has 0 unspecified atom stereocenters. The predicted molar refractivity (Wildman–Crippen MR) is 68.9 cm³/mol. The van der Waals surface area contributed by atoms with Gasteiger partial charge in [-0.3, -0.25) is 0 Å². The summed E-state index contributed by atoms with van der Waals surface area (Å²) in [6, 6.07) is 8.33. The fourth-order valence-corrected chi connectivity index (χ4v) is 2.11. The van der Waals surface area contributed by atoms with E-state index in [-0.39, 0.29) is 0 Å². The lowest BCUT2D eigenvalue weighted by atomic mass is 10.2. The van der Waals surface area contributed by atoms with Gasteiger partial charge in [-0.25, -0.2) is 0 Å². The highest BCUT2D eigenvalue weighted by Crippen LogP contribution is 2.24. The van der Waals surface area contributed by atoms with Gasteiger partial charge in [0.05, 0.1) is 0 Å². The zero-order valence-electron chi connectivity index (χ0n) is 9.53. The molecule has 0 bridgehead atoms. The van der Waals surface area contributed by atoms with Gasteiger partial charge in [-0.15, -0.1) is 10.2 Å². The monoisotopic (exact) mass is 233 g/mol. The minimum absolute atomic E-state index is 0.986. The highest BCUT2D eigenvalue weighted by atomic mass is 32.1. The van der Waals surface area contributed by atoms with E-state index >= 15 is 0 Å². The Morgan fingerprint density at radius 2 is 1.94 bits per heavy atom. The van der Waals surface area contributed by atoms with Crippen molar-refractivity contribution in [3.8, 4) is 10.6 Å². The molecule has 1 aromatic heterocycles. The van der Waals surface area contributed by atoms with Crippen LogP contribution in [0.1, 0.15) is 18.4 Å². The topological polar surface area (TPSA) is 37.8 Å². The molecule has 1 N–H and O–H groups in total. The molecule has 0 aliphatic heterocycles. The maximum absolute atomic E-state index is 4.13. The average molecular weight is 233 g/mol. The van der Waals surface area contributed by atoms with Crippen molar-refractivity contribution in [3.05, 3.63) is 29.3 Å². The number of hydrogen-bond acceptors (Lipinski definition) is 4. The SMILES string of the molecule is CCCNc1ccc(-c2nnc(C)s2)cc1. The molecule has 0 spiro atoms. The maximum Gasteiger partial charge on any atom is 0.147 e. The van der Waals surface area contributed by atoms with Gasteiger partial charge in [0.15, 0.2) is 0 Å². The molecule has 2 rings (SSSR count). The van der Waals surface area contributed by atoms with Crippen LogP contribution in [0.25, 0.3) is 10.6 Å². The van der Waals surface area contributed by atoms with Crippen LogP contribution < -0.4 is 5.32 Å². The van der Waals surface area contributed by atoms with Crippen LogP contribution in [0.3, 0.4) is 0 Å². The van der Waals surface area contributed by atoms with Crippen LogP contribution in [0.4, 0.5) is 5.69 Å². The van der Waals surface area contributed by atoms with E-state index in [1.54, 1.807) is 11.3 Å². The molecule has 0 atom stereocenters. The van der Waals surface area contributed by atoms with E-state index in [1.165, 1.54) is 0 Å². The predicted octanol–water partition coefficient (Wildman–Crippen LogP) is 3.34. The summed E-state index contributed by atoms with van der Waals surface area (Å²) in [5.74, 6) is 0. The number of aromatic nitrogens is 2. The highest BCUT2D eigenvalue weighted by molar-refractivity contribution is 7.14. The summed E-state index contributed by atoms with van der Waals surface area (Å²) in [6.45, 7) is 5.14. The molecule has 1 heterocycles. The molecular formula is C12H15N3S. The first-order chi connectivity index (χ1) is 7.79. The summed E-state index contributed by atoms with van der Waals surface area (Å²) in [5, 5.41) is 13.5. The molecule has 16 heavy (non-hydrogen) atoms. The Bertz CT molecular complexity index is 448. The minimum Gasteiger partial charge on any atom is -0.385 e. The molecular weight excluding hydrogens is 218 g/mol. The second-order valence-electron chi connectivity index (χ2n) is 3.63. The first-order valence-electron chi connectivity index (χ1n) is 5.44. The van der Waals surface area contributed by atoms with Crippen molar-refractivity contribution in [1.82, 2.24) is 10.2 Å². The van der Waals surface area contributed by atoms with Crippen LogP contribution in [-0.4, -0.2) is 16.7 Å². The van der Waals surface area contributed by atoms with Gasteiger partial charge in [0.1, 0.15) is 10.0 Å². The van der Waals surface area contributed by atoms with E-state index < -0.39 is 0 Å². The number of anilines is 1. The number of nitrogens with one attached hydrogen (secondary N) is 1.